The Morgan fingerprint density at radius 2 is 2.19 bits per heavy atom. The van der Waals surface area contributed by atoms with E-state index in [0.717, 1.165) is 20.0 Å². The van der Waals surface area contributed by atoms with Gasteiger partial charge in [-0.25, -0.2) is 4.79 Å². The second-order valence-corrected chi connectivity index (χ2v) is 6.36. The van der Waals surface area contributed by atoms with Crippen LogP contribution in [0.15, 0.2) is 22.8 Å². The van der Waals surface area contributed by atoms with E-state index in [1.165, 1.54) is 22.9 Å². The van der Waals surface area contributed by atoms with Crippen molar-refractivity contribution in [2.45, 2.75) is 19.8 Å². The van der Waals surface area contributed by atoms with Crippen LogP contribution in [-0.4, -0.2) is 29.2 Å². The quantitative estimate of drug-likeness (QED) is 0.303. The number of nitro groups is 1. The van der Waals surface area contributed by atoms with E-state index in [1.807, 2.05) is 13.0 Å². The van der Waals surface area contributed by atoms with Gasteiger partial charge in [0.05, 0.1) is 34.4 Å². The molecule has 0 saturated carbocycles. The van der Waals surface area contributed by atoms with E-state index < -0.39 is 10.9 Å². The van der Waals surface area contributed by atoms with Gasteiger partial charge < -0.3 is 19.8 Å². The number of nitro benzene ring substituents is 1. The molecule has 2 aromatic rings. The second kappa shape index (κ2) is 8.55. The smallest absolute Gasteiger partial charge is 0.357 e. The number of anilines is 1. The van der Waals surface area contributed by atoms with Gasteiger partial charge in [0.2, 0.25) is 0 Å². The number of nitriles is 1. The number of aromatic nitrogens is 1. The van der Waals surface area contributed by atoms with Crippen molar-refractivity contribution < 1.29 is 19.2 Å². The van der Waals surface area contributed by atoms with Gasteiger partial charge in [-0.3, -0.25) is 10.1 Å². The van der Waals surface area contributed by atoms with Crippen molar-refractivity contribution in [2.75, 3.05) is 19.5 Å². The zero-order valence-electron chi connectivity index (χ0n) is 14.7. The Kier molecular flexibility index (Phi) is 6.41. The van der Waals surface area contributed by atoms with E-state index in [9.17, 15) is 20.2 Å². The molecule has 0 unspecified atom stereocenters. The van der Waals surface area contributed by atoms with Crippen molar-refractivity contribution in [2.24, 2.45) is 0 Å². The highest BCUT2D eigenvalue weighted by molar-refractivity contribution is 9.10. The first kappa shape index (κ1) is 20.3. The van der Waals surface area contributed by atoms with Crippen molar-refractivity contribution in [1.29, 1.82) is 5.26 Å². The van der Waals surface area contributed by atoms with Crippen LogP contribution in [0.4, 0.5) is 11.4 Å². The number of nitrogens with two attached hydrogens (primary N) is 1. The van der Waals surface area contributed by atoms with Crippen LogP contribution < -0.4 is 10.5 Å². The van der Waals surface area contributed by atoms with Gasteiger partial charge in [0, 0.05) is 18.3 Å². The van der Waals surface area contributed by atoms with E-state index in [0.29, 0.717) is 16.8 Å². The Hall–Kier alpha value is -3.06. The second-order valence-electron chi connectivity index (χ2n) is 5.51. The molecule has 1 aromatic carbocycles. The molecule has 0 amide bonds. The molecule has 1 heterocycles. The lowest BCUT2D eigenvalue weighted by Gasteiger charge is -2.13. The van der Waals surface area contributed by atoms with Gasteiger partial charge in [0.1, 0.15) is 17.5 Å². The summed E-state index contributed by atoms with van der Waals surface area (Å²) in [5.74, 6) is -0.453. The van der Waals surface area contributed by atoms with Gasteiger partial charge in [-0.15, -0.1) is 0 Å². The summed E-state index contributed by atoms with van der Waals surface area (Å²) >= 11 is 3.26. The van der Waals surface area contributed by atoms with Crippen LogP contribution >= 0.6 is 15.9 Å². The Labute approximate surface area is 163 Å². The van der Waals surface area contributed by atoms with E-state index in [2.05, 4.69) is 15.9 Å². The predicted octanol–water partition coefficient (Wildman–Crippen LogP) is 3.57. The lowest BCUT2D eigenvalue weighted by atomic mass is 10.2. The SMILES string of the molecule is CCCCOc1cc(-n2cc(C#N)c(N)c2C(=O)OC)c([N+](=O)[O-])cc1Br. The van der Waals surface area contributed by atoms with Gasteiger partial charge >= 0.3 is 5.97 Å². The van der Waals surface area contributed by atoms with Gasteiger partial charge in [0.25, 0.3) is 5.69 Å². The van der Waals surface area contributed by atoms with Crippen LogP contribution in [0.2, 0.25) is 0 Å². The topological polar surface area (TPSA) is 133 Å². The maximum Gasteiger partial charge on any atom is 0.357 e. The number of benzene rings is 1. The van der Waals surface area contributed by atoms with E-state index in [1.54, 1.807) is 0 Å². The third kappa shape index (κ3) is 4.03. The van der Waals surface area contributed by atoms with Crippen LogP contribution in [0.3, 0.4) is 0 Å². The summed E-state index contributed by atoms with van der Waals surface area (Å²) < 4.78 is 12.0. The zero-order chi connectivity index (χ0) is 20.1. The van der Waals surface area contributed by atoms with Crippen LogP contribution in [-0.2, 0) is 4.74 Å². The standard InChI is InChI=1S/C17H17BrN4O5/c1-3-4-5-27-14-7-12(13(22(24)25)6-11(14)18)21-9-10(8-19)15(20)16(21)17(23)26-2/h6-7,9H,3-5,20H2,1-2H3. The first-order chi connectivity index (χ1) is 12.8. The van der Waals surface area contributed by atoms with Crippen molar-refractivity contribution in [3.8, 4) is 17.5 Å². The maximum absolute atomic E-state index is 12.2. The molecule has 27 heavy (non-hydrogen) atoms. The molecule has 2 rings (SSSR count). The van der Waals surface area contributed by atoms with Crippen LogP contribution in [0.25, 0.3) is 5.69 Å². The Morgan fingerprint density at radius 3 is 2.74 bits per heavy atom. The van der Waals surface area contributed by atoms with Crippen molar-refractivity contribution >= 4 is 33.3 Å². The van der Waals surface area contributed by atoms with Crippen LogP contribution in [0, 0.1) is 21.4 Å². The first-order valence-corrected chi connectivity index (χ1v) is 8.75. The van der Waals surface area contributed by atoms with Crippen molar-refractivity contribution in [3.63, 3.8) is 0 Å². The predicted molar refractivity (Wildman–Crippen MR) is 101 cm³/mol. The van der Waals surface area contributed by atoms with Gasteiger partial charge in [-0.2, -0.15) is 5.26 Å². The highest BCUT2D eigenvalue weighted by Crippen LogP contribution is 2.37. The molecule has 0 radical (unpaired) electrons. The lowest BCUT2D eigenvalue weighted by molar-refractivity contribution is -0.384. The number of methoxy groups -OCH3 is 1. The summed E-state index contributed by atoms with van der Waals surface area (Å²) in [5.41, 5.74) is 5.32. The summed E-state index contributed by atoms with van der Waals surface area (Å²) in [4.78, 5) is 23.1. The molecule has 0 fully saturated rings. The number of hydrogen-bond donors (Lipinski definition) is 1. The number of nitrogens with zero attached hydrogens (tertiary/aromatic N) is 3. The fourth-order valence-electron chi connectivity index (χ4n) is 2.41. The average Bonchev–Trinajstić information content (AvgIpc) is 2.98. The molecule has 2 N–H and O–H groups in total. The Morgan fingerprint density at radius 1 is 1.48 bits per heavy atom. The fourth-order valence-corrected chi connectivity index (χ4v) is 2.86. The molecule has 0 aliphatic heterocycles. The number of carbonyl (C=O) groups is 1. The Balaban J connectivity index is 2.73. The van der Waals surface area contributed by atoms with E-state index >= 15 is 0 Å². The van der Waals surface area contributed by atoms with E-state index in [4.69, 9.17) is 15.2 Å². The van der Waals surface area contributed by atoms with E-state index in [-0.39, 0.29) is 28.3 Å². The summed E-state index contributed by atoms with van der Waals surface area (Å²) in [6, 6.07) is 4.56. The molecule has 0 atom stereocenters. The number of nitrogen functional groups attached to an aromatic ring is 1. The third-order valence-corrected chi connectivity index (χ3v) is 4.40. The largest absolute Gasteiger partial charge is 0.492 e. The molecule has 0 aliphatic carbocycles. The van der Waals surface area contributed by atoms with Crippen molar-refractivity contribution in [3.05, 3.63) is 44.2 Å². The molecule has 9 nitrogen and oxygen atoms in total. The summed E-state index contributed by atoms with van der Waals surface area (Å²) in [6.07, 6.45) is 2.98. The minimum atomic E-state index is -0.820. The number of hydrogen-bond acceptors (Lipinski definition) is 7. The highest BCUT2D eigenvalue weighted by Gasteiger charge is 2.27. The minimum absolute atomic E-state index is 0.000989. The molecule has 1 aromatic heterocycles. The molecule has 142 valence electrons. The maximum atomic E-state index is 12.2. The number of unbranched alkanes of at least 4 members (excludes halogenated alkanes) is 1. The highest BCUT2D eigenvalue weighted by atomic mass is 79.9. The molecule has 0 bridgehead atoms. The van der Waals surface area contributed by atoms with Crippen LogP contribution in [0.1, 0.15) is 35.8 Å². The lowest BCUT2D eigenvalue weighted by Crippen LogP contribution is -2.12. The van der Waals surface area contributed by atoms with Crippen molar-refractivity contribution in [1.82, 2.24) is 4.57 Å². The summed E-state index contributed by atoms with van der Waals surface area (Å²) in [7, 11) is 1.15. The number of carbonyl (C=O) groups excluding carboxylic acids is 1. The normalized spacial score (nSPS) is 10.3. The number of ether oxygens (including phenoxy) is 2. The minimum Gasteiger partial charge on any atom is -0.492 e. The van der Waals surface area contributed by atoms with Gasteiger partial charge in [0.15, 0.2) is 5.69 Å². The van der Waals surface area contributed by atoms with Crippen LogP contribution in [0.5, 0.6) is 5.75 Å². The van der Waals surface area contributed by atoms with Gasteiger partial charge in [-0.1, -0.05) is 13.3 Å². The number of rotatable bonds is 7. The average molecular weight is 437 g/mol. The Bertz CT molecular complexity index is 932. The fraction of sp³-hybridized carbons (Fsp3) is 0.294. The summed E-state index contributed by atoms with van der Waals surface area (Å²) in [5, 5.41) is 20.8. The molecule has 0 aliphatic rings. The monoisotopic (exact) mass is 436 g/mol. The zero-order valence-corrected chi connectivity index (χ0v) is 16.3. The number of esters is 1. The molecule has 0 spiro atoms. The molecule has 0 saturated heterocycles. The third-order valence-electron chi connectivity index (χ3n) is 3.78. The molecular weight excluding hydrogens is 420 g/mol. The van der Waals surface area contributed by atoms with Gasteiger partial charge in [-0.05, 0) is 22.4 Å². The number of halogens is 1. The summed E-state index contributed by atoms with van der Waals surface area (Å²) in [6.45, 7) is 2.43. The first-order valence-electron chi connectivity index (χ1n) is 7.96. The molecule has 10 heteroatoms. The molecular formula is C17H17BrN4O5.